The third-order valence-corrected chi connectivity index (χ3v) is 5.30. The van der Waals surface area contributed by atoms with E-state index >= 15 is 0 Å². The maximum Gasteiger partial charge on any atom is 0.251 e. The van der Waals surface area contributed by atoms with Gasteiger partial charge in [-0.25, -0.2) is 9.37 Å². The maximum atomic E-state index is 13.2. The van der Waals surface area contributed by atoms with E-state index in [0.717, 1.165) is 31.5 Å². The highest BCUT2D eigenvalue weighted by molar-refractivity contribution is 6.31. The highest BCUT2D eigenvalue weighted by atomic mass is 35.5. The van der Waals surface area contributed by atoms with Crippen LogP contribution in [0.2, 0.25) is 5.02 Å². The molecule has 0 bridgehead atoms. The second-order valence-electron chi connectivity index (χ2n) is 7.33. The summed E-state index contributed by atoms with van der Waals surface area (Å²) in [6, 6.07) is 6.22. The number of nitrogens with zero attached hydrogens (tertiary/aromatic N) is 3. The molecule has 1 fully saturated rings. The first kappa shape index (κ1) is 20.3. The number of halogens is 2. The number of nitrogens with one attached hydrogen (secondary N) is 2. The van der Waals surface area contributed by atoms with Crippen molar-refractivity contribution >= 4 is 29.3 Å². The first-order valence-electron chi connectivity index (χ1n) is 9.42. The Labute approximate surface area is 169 Å². The Balaban J connectivity index is 1.44. The fourth-order valence-electron chi connectivity index (χ4n) is 3.34. The Morgan fingerprint density at radius 1 is 1.25 bits per heavy atom. The number of benzene rings is 1. The van der Waals surface area contributed by atoms with Crippen LogP contribution in [0.15, 0.2) is 30.5 Å². The van der Waals surface area contributed by atoms with E-state index in [4.69, 9.17) is 11.6 Å². The van der Waals surface area contributed by atoms with E-state index in [-0.39, 0.29) is 10.9 Å². The minimum Gasteiger partial charge on any atom is -0.363 e. The molecular weight excluding hydrogens is 381 g/mol. The molecule has 0 saturated heterocycles. The van der Waals surface area contributed by atoms with Gasteiger partial charge in [0.25, 0.3) is 5.91 Å². The Morgan fingerprint density at radius 3 is 2.68 bits per heavy atom. The lowest BCUT2D eigenvalue weighted by Gasteiger charge is -2.29. The maximum absolute atomic E-state index is 13.2. The van der Waals surface area contributed by atoms with E-state index in [9.17, 15) is 9.18 Å². The molecular formula is C20H25ClFN5O. The number of rotatable bonds is 6. The van der Waals surface area contributed by atoms with Crippen molar-refractivity contribution in [1.82, 2.24) is 15.3 Å². The van der Waals surface area contributed by atoms with Gasteiger partial charge >= 0.3 is 0 Å². The van der Waals surface area contributed by atoms with Gasteiger partial charge in [0.05, 0.1) is 5.02 Å². The molecule has 2 N–H and O–H groups in total. The lowest BCUT2D eigenvalue weighted by molar-refractivity contribution is 0.0943. The quantitative estimate of drug-likeness (QED) is 0.766. The Bertz CT molecular complexity index is 824. The predicted octanol–water partition coefficient (Wildman–Crippen LogP) is 3.74. The molecule has 1 aromatic carbocycles. The van der Waals surface area contributed by atoms with E-state index in [1.165, 1.54) is 18.2 Å². The molecule has 1 aliphatic rings. The van der Waals surface area contributed by atoms with E-state index in [1.807, 2.05) is 25.1 Å². The monoisotopic (exact) mass is 405 g/mol. The van der Waals surface area contributed by atoms with Crippen LogP contribution in [0.1, 0.15) is 36.0 Å². The van der Waals surface area contributed by atoms with Crippen LogP contribution >= 0.6 is 11.6 Å². The molecule has 1 saturated carbocycles. The minimum atomic E-state index is -0.524. The van der Waals surface area contributed by atoms with Crippen LogP contribution in [-0.2, 0) is 0 Å². The number of carbonyl (C=O) groups is 1. The summed E-state index contributed by atoms with van der Waals surface area (Å²) in [5.41, 5.74) is 0.375. The molecule has 0 aliphatic heterocycles. The summed E-state index contributed by atoms with van der Waals surface area (Å²) in [5.74, 6) is 1.19. The lowest BCUT2D eigenvalue weighted by Crippen LogP contribution is -2.34. The van der Waals surface area contributed by atoms with Crippen LogP contribution in [0.25, 0.3) is 0 Å². The third kappa shape index (κ3) is 5.32. The summed E-state index contributed by atoms with van der Waals surface area (Å²) in [5, 5.41) is 6.30. The van der Waals surface area contributed by atoms with Crippen LogP contribution in [0.5, 0.6) is 0 Å². The average Bonchev–Trinajstić information content (AvgIpc) is 2.69. The largest absolute Gasteiger partial charge is 0.363 e. The molecule has 150 valence electrons. The second kappa shape index (κ2) is 9.19. The van der Waals surface area contributed by atoms with Gasteiger partial charge in [-0.2, -0.15) is 4.98 Å². The van der Waals surface area contributed by atoms with Gasteiger partial charge in [0.2, 0.25) is 5.95 Å². The Kier molecular flexibility index (Phi) is 6.67. The standard InChI is InChI=1S/C20H25ClFN5O/c1-27(2)18-9-10-23-20(26-18)25-15-6-3-13(4-7-15)12-24-19(28)14-5-8-17(22)16(21)11-14/h5,8-11,13,15H,3-4,6-7,12H2,1-2H3,(H,24,28)(H,23,25,26). The van der Waals surface area contributed by atoms with E-state index in [0.29, 0.717) is 30.0 Å². The summed E-state index contributed by atoms with van der Waals surface area (Å²) in [7, 11) is 3.90. The number of hydrogen-bond acceptors (Lipinski definition) is 5. The summed E-state index contributed by atoms with van der Waals surface area (Å²) in [4.78, 5) is 23.0. The van der Waals surface area contributed by atoms with Crippen molar-refractivity contribution < 1.29 is 9.18 Å². The molecule has 0 radical (unpaired) electrons. The third-order valence-electron chi connectivity index (χ3n) is 5.01. The van der Waals surface area contributed by atoms with Gasteiger partial charge in [-0.15, -0.1) is 0 Å². The molecule has 0 unspecified atom stereocenters. The van der Waals surface area contributed by atoms with Crippen LogP contribution in [0.3, 0.4) is 0 Å². The fourth-order valence-corrected chi connectivity index (χ4v) is 3.52. The first-order chi connectivity index (χ1) is 13.4. The summed E-state index contributed by atoms with van der Waals surface area (Å²) in [6.45, 7) is 0.604. The number of amides is 1. The summed E-state index contributed by atoms with van der Waals surface area (Å²) in [6.07, 6.45) is 5.77. The van der Waals surface area contributed by atoms with Gasteiger partial charge in [-0.05, 0) is 55.9 Å². The van der Waals surface area contributed by atoms with Crippen molar-refractivity contribution in [3.8, 4) is 0 Å². The first-order valence-corrected chi connectivity index (χ1v) is 9.80. The van der Waals surface area contributed by atoms with Gasteiger partial charge in [0, 0.05) is 38.4 Å². The topological polar surface area (TPSA) is 70.2 Å². The molecule has 8 heteroatoms. The van der Waals surface area contributed by atoms with Gasteiger partial charge < -0.3 is 15.5 Å². The van der Waals surface area contributed by atoms with Gasteiger partial charge in [-0.3, -0.25) is 4.79 Å². The van der Waals surface area contributed by atoms with Gasteiger partial charge in [-0.1, -0.05) is 11.6 Å². The zero-order valence-electron chi connectivity index (χ0n) is 16.1. The number of aromatic nitrogens is 2. The van der Waals surface area contributed by atoms with Gasteiger partial charge in [0.15, 0.2) is 0 Å². The average molecular weight is 406 g/mol. The molecule has 6 nitrogen and oxygen atoms in total. The second-order valence-corrected chi connectivity index (χ2v) is 7.74. The zero-order chi connectivity index (χ0) is 20.1. The Morgan fingerprint density at radius 2 is 2.00 bits per heavy atom. The lowest BCUT2D eigenvalue weighted by atomic mass is 9.86. The molecule has 3 rings (SSSR count). The molecule has 1 heterocycles. The van der Waals surface area contributed by atoms with Crippen molar-refractivity contribution in [2.45, 2.75) is 31.7 Å². The summed E-state index contributed by atoms with van der Waals surface area (Å²) >= 11 is 5.74. The molecule has 1 aromatic heterocycles. The zero-order valence-corrected chi connectivity index (χ0v) is 16.8. The van der Waals surface area contributed by atoms with Crippen LogP contribution in [0, 0.1) is 11.7 Å². The number of carbonyl (C=O) groups excluding carboxylic acids is 1. The smallest absolute Gasteiger partial charge is 0.251 e. The van der Waals surface area contributed by atoms with Crippen molar-refractivity contribution in [3.63, 3.8) is 0 Å². The molecule has 28 heavy (non-hydrogen) atoms. The van der Waals surface area contributed by atoms with Crippen molar-refractivity contribution in [2.24, 2.45) is 5.92 Å². The van der Waals surface area contributed by atoms with Gasteiger partial charge in [0.1, 0.15) is 11.6 Å². The van der Waals surface area contributed by atoms with Crippen LogP contribution in [0.4, 0.5) is 16.2 Å². The van der Waals surface area contributed by atoms with E-state index in [2.05, 4.69) is 20.6 Å². The van der Waals surface area contributed by atoms with Crippen molar-refractivity contribution in [2.75, 3.05) is 30.9 Å². The van der Waals surface area contributed by atoms with Crippen LogP contribution < -0.4 is 15.5 Å². The Hall–Kier alpha value is -2.41. The SMILES string of the molecule is CN(C)c1ccnc(NC2CCC(CNC(=O)c3ccc(F)c(Cl)c3)CC2)n1. The number of anilines is 2. The normalized spacial score (nSPS) is 19.1. The summed E-state index contributed by atoms with van der Waals surface area (Å²) < 4.78 is 13.2. The number of hydrogen-bond donors (Lipinski definition) is 2. The molecule has 0 spiro atoms. The van der Waals surface area contributed by atoms with Crippen LogP contribution in [-0.4, -0.2) is 42.6 Å². The highest BCUT2D eigenvalue weighted by Crippen LogP contribution is 2.26. The molecule has 1 amide bonds. The fraction of sp³-hybridized carbons (Fsp3) is 0.450. The predicted molar refractivity (Wildman–Crippen MR) is 109 cm³/mol. The highest BCUT2D eigenvalue weighted by Gasteiger charge is 2.22. The minimum absolute atomic E-state index is 0.0419. The van der Waals surface area contributed by atoms with E-state index in [1.54, 1.807) is 6.20 Å². The molecule has 2 aromatic rings. The molecule has 1 aliphatic carbocycles. The van der Waals surface area contributed by atoms with E-state index < -0.39 is 5.82 Å². The molecule has 0 atom stereocenters. The van der Waals surface area contributed by atoms with Crippen molar-refractivity contribution in [3.05, 3.63) is 46.9 Å². The van der Waals surface area contributed by atoms with Crippen molar-refractivity contribution in [1.29, 1.82) is 0 Å².